The zero-order valence-electron chi connectivity index (χ0n) is 12.5. The Bertz CT molecular complexity index is 947. The van der Waals surface area contributed by atoms with Crippen molar-refractivity contribution < 1.29 is 23.1 Å². The number of rotatable bonds is 5. The van der Waals surface area contributed by atoms with Gasteiger partial charge in [0.2, 0.25) is 0 Å². The first-order valence-corrected chi connectivity index (χ1v) is 8.90. The van der Waals surface area contributed by atoms with Crippen molar-refractivity contribution in [2.75, 3.05) is 6.26 Å². The van der Waals surface area contributed by atoms with Gasteiger partial charge in [0.15, 0.2) is 9.84 Å². The van der Waals surface area contributed by atoms with Crippen molar-refractivity contribution in [2.45, 2.75) is 11.3 Å². The largest absolute Gasteiger partial charge is 0.481 e. The van der Waals surface area contributed by atoms with Crippen LogP contribution in [0.2, 0.25) is 5.02 Å². The molecule has 0 unspecified atom stereocenters. The van der Waals surface area contributed by atoms with E-state index >= 15 is 0 Å². The average molecular weight is 366 g/mol. The second-order valence-corrected chi connectivity index (χ2v) is 7.40. The zero-order valence-corrected chi connectivity index (χ0v) is 14.1. The van der Waals surface area contributed by atoms with Crippen LogP contribution in [0.25, 0.3) is 0 Å². The van der Waals surface area contributed by atoms with E-state index in [1.165, 1.54) is 30.3 Å². The highest BCUT2D eigenvalue weighted by molar-refractivity contribution is 7.90. The Kier molecular flexibility index (Phi) is 5.12. The Balaban J connectivity index is 2.41. The molecular formula is C16H12ClNO5S. The van der Waals surface area contributed by atoms with Gasteiger partial charge in [0.05, 0.1) is 21.9 Å². The van der Waals surface area contributed by atoms with E-state index in [1.807, 2.05) is 6.07 Å². The fraction of sp³-hybridized carbons (Fsp3) is 0.125. The lowest BCUT2D eigenvalue weighted by molar-refractivity contribution is -0.136. The molecular weight excluding hydrogens is 354 g/mol. The molecule has 0 radical (unpaired) electrons. The van der Waals surface area contributed by atoms with Crippen molar-refractivity contribution in [1.29, 1.82) is 5.26 Å². The van der Waals surface area contributed by atoms with Gasteiger partial charge in [0, 0.05) is 6.26 Å². The van der Waals surface area contributed by atoms with Gasteiger partial charge in [0.25, 0.3) is 0 Å². The minimum Gasteiger partial charge on any atom is -0.481 e. The Morgan fingerprint density at radius 3 is 2.54 bits per heavy atom. The molecule has 24 heavy (non-hydrogen) atoms. The van der Waals surface area contributed by atoms with E-state index in [9.17, 15) is 18.5 Å². The summed E-state index contributed by atoms with van der Waals surface area (Å²) in [5.74, 6) is -0.697. The number of carbonyl (C=O) groups is 1. The number of aliphatic carboxylic acids is 1. The summed E-state index contributed by atoms with van der Waals surface area (Å²) in [4.78, 5) is 10.8. The van der Waals surface area contributed by atoms with Crippen LogP contribution >= 0.6 is 11.6 Å². The second kappa shape index (κ2) is 6.91. The van der Waals surface area contributed by atoms with E-state index in [0.29, 0.717) is 5.56 Å². The molecule has 2 rings (SSSR count). The smallest absolute Gasteiger partial charge is 0.307 e. The van der Waals surface area contributed by atoms with E-state index in [-0.39, 0.29) is 33.4 Å². The molecule has 0 heterocycles. The molecule has 0 aliphatic carbocycles. The number of carboxylic acids is 1. The van der Waals surface area contributed by atoms with Crippen molar-refractivity contribution >= 4 is 27.4 Å². The fourth-order valence-corrected chi connectivity index (χ4v) is 2.75. The Morgan fingerprint density at radius 1 is 1.25 bits per heavy atom. The maximum absolute atomic E-state index is 11.5. The van der Waals surface area contributed by atoms with Crippen molar-refractivity contribution in [3.63, 3.8) is 0 Å². The maximum Gasteiger partial charge on any atom is 0.307 e. The normalized spacial score (nSPS) is 10.9. The maximum atomic E-state index is 11.5. The van der Waals surface area contributed by atoms with E-state index in [4.69, 9.17) is 21.4 Å². The number of hydrogen-bond acceptors (Lipinski definition) is 5. The monoisotopic (exact) mass is 365 g/mol. The summed E-state index contributed by atoms with van der Waals surface area (Å²) in [5, 5.41) is 18.3. The first-order valence-electron chi connectivity index (χ1n) is 6.63. The van der Waals surface area contributed by atoms with Gasteiger partial charge in [-0.2, -0.15) is 5.26 Å². The molecule has 0 fully saturated rings. The summed E-state index contributed by atoms with van der Waals surface area (Å²) in [6.45, 7) is 0. The van der Waals surface area contributed by atoms with E-state index < -0.39 is 15.8 Å². The van der Waals surface area contributed by atoms with Gasteiger partial charge in [-0.1, -0.05) is 17.7 Å². The molecule has 0 amide bonds. The van der Waals surface area contributed by atoms with E-state index in [0.717, 1.165) is 6.26 Å². The number of benzene rings is 2. The second-order valence-electron chi connectivity index (χ2n) is 4.98. The van der Waals surface area contributed by atoms with Gasteiger partial charge in [0.1, 0.15) is 17.6 Å². The zero-order chi connectivity index (χ0) is 17.9. The average Bonchev–Trinajstić information content (AvgIpc) is 2.49. The fourth-order valence-electron chi connectivity index (χ4n) is 1.95. The molecule has 0 atom stereocenters. The van der Waals surface area contributed by atoms with Gasteiger partial charge in [-0.3, -0.25) is 4.79 Å². The first kappa shape index (κ1) is 17.8. The quantitative estimate of drug-likeness (QED) is 0.873. The Morgan fingerprint density at radius 2 is 1.96 bits per heavy atom. The van der Waals surface area contributed by atoms with Gasteiger partial charge >= 0.3 is 5.97 Å². The summed E-state index contributed by atoms with van der Waals surface area (Å²) in [6, 6.07) is 10.3. The van der Waals surface area contributed by atoms with Crippen molar-refractivity contribution in [3.8, 4) is 17.6 Å². The first-order chi connectivity index (χ1) is 11.2. The summed E-state index contributed by atoms with van der Waals surface area (Å²) >= 11 is 6.03. The van der Waals surface area contributed by atoms with Crippen LogP contribution in [0.15, 0.2) is 41.3 Å². The lowest BCUT2D eigenvalue weighted by Gasteiger charge is -2.11. The molecule has 124 valence electrons. The van der Waals surface area contributed by atoms with Crippen LogP contribution in [0.5, 0.6) is 11.5 Å². The van der Waals surface area contributed by atoms with Gasteiger partial charge < -0.3 is 9.84 Å². The number of hydrogen-bond donors (Lipinski definition) is 1. The van der Waals surface area contributed by atoms with Gasteiger partial charge in [-0.15, -0.1) is 0 Å². The molecule has 0 bridgehead atoms. The number of nitriles is 1. The number of nitrogens with zero attached hydrogens (tertiary/aromatic N) is 1. The standard InChI is InChI=1S/C16H12ClNO5S/c1-24(21,22)12-3-5-14(11(8-12)9-18)23-15-6-10(7-16(19)20)2-4-13(15)17/h2-6,8H,7H2,1H3,(H,19,20). The molecule has 0 spiro atoms. The minimum absolute atomic E-state index is 0.00266. The summed E-state index contributed by atoms with van der Waals surface area (Å²) < 4.78 is 28.7. The van der Waals surface area contributed by atoms with Crippen LogP contribution in [-0.2, 0) is 21.1 Å². The highest BCUT2D eigenvalue weighted by atomic mass is 35.5. The number of ether oxygens (including phenoxy) is 1. The minimum atomic E-state index is -3.45. The molecule has 0 aliphatic rings. The van der Waals surface area contributed by atoms with E-state index in [2.05, 4.69) is 0 Å². The summed E-state index contributed by atoms with van der Waals surface area (Å²) in [6.07, 6.45) is 0.835. The van der Waals surface area contributed by atoms with Crippen LogP contribution in [0.3, 0.4) is 0 Å². The van der Waals surface area contributed by atoms with Gasteiger partial charge in [-0.25, -0.2) is 8.42 Å². The molecule has 1 N–H and O–H groups in total. The number of sulfone groups is 1. The molecule has 0 saturated carbocycles. The van der Waals surface area contributed by atoms with Crippen molar-refractivity contribution in [3.05, 3.63) is 52.5 Å². The number of halogens is 1. The molecule has 2 aromatic rings. The van der Waals surface area contributed by atoms with Crippen LogP contribution < -0.4 is 4.74 Å². The van der Waals surface area contributed by atoms with Crippen LogP contribution in [-0.4, -0.2) is 25.7 Å². The van der Waals surface area contributed by atoms with E-state index in [1.54, 1.807) is 6.07 Å². The van der Waals surface area contributed by atoms with Crippen molar-refractivity contribution in [1.82, 2.24) is 0 Å². The van der Waals surface area contributed by atoms with Crippen LogP contribution in [0, 0.1) is 11.3 Å². The molecule has 2 aromatic carbocycles. The predicted octanol–water partition coefficient (Wildman–Crippen LogP) is 3.03. The topological polar surface area (TPSA) is 104 Å². The Labute approximate surface area is 143 Å². The Hall–Kier alpha value is -2.56. The predicted molar refractivity (Wildman–Crippen MR) is 87.1 cm³/mol. The summed E-state index contributed by atoms with van der Waals surface area (Å²) in [5.41, 5.74) is 0.505. The molecule has 8 heteroatoms. The molecule has 6 nitrogen and oxygen atoms in total. The SMILES string of the molecule is CS(=O)(=O)c1ccc(Oc2cc(CC(=O)O)ccc2Cl)c(C#N)c1. The third kappa shape index (κ3) is 4.25. The number of carboxylic acid groups (broad SMARTS) is 1. The molecule has 0 saturated heterocycles. The third-order valence-corrected chi connectivity index (χ3v) is 4.49. The highest BCUT2D eigenvalue weighted by Crippen LogP contribution is 2.33. The highest BCUT2D eigenvalue weighted by Gasteiger charge is 2.14. The summed E-state index contributed by atoms with van der Waals surface area (Å²) in [7, 11) is -3.45. The van der Waals surface area contributed by atoms with Crippen LogP contribution in [0.1, 0.15) is 11.1 Å². The lowest BCUT2D eigenvalue weighted by Crippen LogP contribution is -2.01. The lowest BCUT2D eigenvalue weighted by atomic mass is 10.1. The van der Waals surface area contributed by atoms with Gasteiger partial charge in [-0.05, 0) is 35.9 Å². The molecule has 0 aliphatic heterocycles. The third-order valence-electron chi connectivity index (χ3n) is 3.07. The molecule has 0 aromatic heterocycles. The van der Waals surface area contributed by atoms with Crippen molar-refractivity contribution in [2.24, 2.45) is 0 Å². The van der Waals surface area contributed by atoms with Crippen LogP contribution in [0.4, 0.5) is 0 Å².